The number of aryl methyl sites for hydroxylation is 1. The summed E-state index contributed by atoms with van der Waals surface area (Å²) in [7, 11) is 0. The highest BCUT2D eigenvalue weighted by atomic mass is 19.1. The Labute approximate surface area is 122 Å². The maximum atomic E-state index is 13.6. The van der Waals surface area contributed by atoms with E-state index in [1.807, 2.05) is 6.07 Å². The minimum atomic E-state index is -0.184. The number of rotatable bonds is 3. The highest BCUT2D eigenvalue weighted by molar-refractivity contribution is 5.87. The average Bonchev–Trinajstić information content (AvgIpc) is 3.28. The number of hydrogen-bond acceptors (Lipinski definition) is 2. The van der Waals surface area contributed by atoms with E-state index in [2.05, 4.69) is 33.8 Å². The predicted molar refractivity (Wildman–Crippen MR) is 80.6 cm³/mol. The summed E-state index contributed by atoms with van der Waals surface area (Å²) in [6.45, 7) is 2.07. The Balaban J connectivity index is 1.97. The molecule has 0 bridgehead atoms. The first kappa shape index (κ1) is 12.5. The molecule has 0 aliphatic heterocycles. The zero-order valence-corrected chi connectivity index (χ0v) is 11.9. The second-order valence-corrected chi connectivity index (χ2v) is 5.62. The van der Waals surface area contributed by atoms with Crippen molar-refractivity contribution < 1.29 is 4.39 Å². The van der Waals surface area contributed by atoms with Crippen molar-refractivity contribution in [2.45, 2.75) is 32.2 Å². The molecule has 106 valence electrons. The first-order chi connectivity index (χ1) is 10.3. The minimum Gasteiger partial charge on any atom is -0.337 e. The molecule has 0 atom stereocenters. The Morgan fingerprint density at radius 3 is 2.86 bits per heavy atom. The molecule has 1 aliphatic carbocycles. The van der Waals surface area contributed by atoms with Crippen molar-refractivity contribution in [1.29, 1.82) is 0 Å². The molecule has 1 aliphatic rings. The van der Waals surface area contributed by atoms with Crippen molar-refractivity contribution in [3.63, 3.8) is 0 Å². The molecule has 4 heteroatoms. The van der Waals surface area contributed by atoms with Crippen molar-refractivity contribution in [2.75, 3.05) is 0 Å². The smallest absolute Gasteiger partial charge is 0.125 e. The molecule has 2 aromatic heterocycles. The van der Waals surface area contributed by atoms with Crippen molar-refractivity contribution in [3.8, 4) is 11.3 Å². The Bertz CT molecular complexity index is 818. The van der Waals surface area contributed by atoms with E-state index in [0.717, 1.165) is 47.1 Å². The molecule has 0 radical (unpaired) electrons. The van der Waals surface area contributed by atoms with Gasteiger partial charge in [-0.3, -0.25) is 0 Å². The van der Waals surface area contributed by atoms with Crippen LogP contribution in [0.5, 0.6) is 0 Å². The average molecular weight is 281 g/mol. The molecule has 1 aromatic carbocycles. The van der Waals surface area contributed by atoms with E-state index in [0.29, 0.717) is 6.04 Å². The number of fused-ring (bicyclic) bond motifs is 1. The number of benzene rings is 1. The second kappa shape index (κ2) is 4.65. The van der Waals surface area contributed by atoms with Gasteiger partial charge in [-0.1, -0.05) is 6.92 Å². The largest absolute Gasteiger partial charge is 0.337 e. The highest BCUT2D eigenvalue weighted by Gasteiger charge is 2.28. The van der Waals surface area contributed by atoms with E-state index < -0.39 is 0 Å². The highest BCUT2D eigenvalue weighted by Crippen LogP contribution is 2.42. The van der Waals surface area contributed by atoms with Gasteiger partial charge in [-0.05, 0) is 49.6 Å². The molecule has 2 heterocycles. The van der Waals surface area contributed by atoms with Crippen molar-refractivity contribution in [1.82, 2.24) is 14.8 Å². The fraction of sp³-hybridized carbons (Fsp3) is 0.294. The van der Waals surface area contributed by atoms with Crippen LogP contribution in [0.2, 0.25) is 0 Å². The van der Waals surface area contributed by atoms with Gasteiger partial charge in [-0.2, -0.15) is 10.2 Å². The third-order valence-electron chi connectivity index (χ3n) is 4.08. The summed E-state index contributed by atoms with van der Waals surface area (Å²) in [6.07, 6.45) is 4.97. The van der Waals surface area contributed by atoms with Crippen molar-refractivity contribution >= 4 is 10.9 Å². The van der Waals surface area contributed by atoms with Gasteiger partial charge < -0.3 is 4.57 Å². The summed E-state index contributed by atoms with van der Waals surface area (Å²) in [4.78, 5) is 0. The quantitative estimate of drug-likeness (QED) is 0.722. The molecule has 0 spiro atoms. The molecule has 3 nitrogen and oxygen atoms in total. The molecular formula is C17H16FN3. The lowest BCUT2D eigenvalue weighted by Gasteiger charge is -2.10. The van der Waals surface area contributed by atoms with Gasteiger partial charge in [0.25, 0.3) is 0 Å². The summed E-state index contributed by atoms with van der Waals surface area (Å²) in [5, 5.41) is 9.30. The summed E-state index contributed by atoms with van der Waals surface area (Å²) in [5.41, 5.74) is 4.13. The summed E-state index contributed by atoms with van der Waals surface area (Å²) < 4.78 is 15.9. The topological polar surface area (TPSA) is 30.7 Å². The van der Waals surface area contributed by atoms with E-state index in [-0.39, 0.29) is 5.82 Å². The zero-order chi connectivity index (χ0) is 14.4. The van der Waals surface area contributed by atoms with Crippen LogP contribution in [0.15, 0.2) is 36.5 Å². The van der Waals surface area contributed by atoms with Crippen LogP contribution in [-0.2, 0) is 6.42 Å². The fourth-order valence-electron chi connectivity index (χ4n) is 2.87. The van der Waals surface area contributed by atoms with Crippen LogP contribution in [0.4, 0.5) is 4.39 Å². The third kappa shape index (κ3) is 2.11. The third-order valence-corrected chi connectivity index (χ3v) is 4.08. The number of aromatic nitrogens is 3. The normalized spacial score (nSPS) is 14.8. The maximum absolute atomic E-state index is 13.6. The molecule has 0 unspecified atom stereocenters. The molecule has 1 fully saturated rings. The Kier molecular flexibility index (Phi) is 2.77. The van der Waals surface area contributed by atoms with Gasteiger partial charge >= 0.3 is 0 Å². The van der Waals surface area contributed by atoms with Crippen LogP contribution in [0.25, 0.3) is 22.2 Å². The number of nitrogens with zero attached hydrogens (tertiary/aromatic N) is 3. The standard InChI is InChI=1S/C17H16FN3/c1-2-14-7-12(10-19-20-14)16-8-11-3-4-13(18)9-17(11)21(16)15-5-6-15/h3-4,7-10,15H,2,5-6H2,1H3. The van der Waals surface area contributed by atoms with E-state index >= 15 is 0 Å². The number of halogens is 1. The monoisotopic (exact) mass is 281 g/mol. The predicted octanol–water partition coefficient (Wildman–Crippen LogP) is 4.13. The molecule has 0 N–H and O–H groups in total. The van der Waals surface area contributed by atoms with Crippen LogP contribution < -0.4 is 0 Å². The van der Waals surface area contributed by atoms with Crippen LogP contribution >= 0.6 is 0 Å². The zero-order valence-electron chi connectivity index (χ0n) is 11.9. The van der Waals surface area contributed by atoms with Crippen LogP contribution in [-0.4, -0.2) is 14.8 Å². The van der Waals surface area contributed by atoms with E-state index in [4.69, 9.17) is 0 Å². The van der Waals surface area contributed by atoms with Gasteiger partial charge in [0.1, 0.15) is 5.82 Å². The van der Waals surface area contributed by atoms with Gasteiger partial charge in [0.2, 0.25) is 0 Å². The maximum Gasteiger partial charge on any atom is 0.125 e. The molecule has 0 amide bonds. The van der Waals surface area contributed by atoms with Crippen LogP contribution in [0.3, 0.4) is 0 Å². The van der Waals surface area contributed by atoms with E-state index in [1.165, 1.54) is 6.07 Å². The van der Waals surface area contributed by atoms with Gasteiger partial charge in [-0.15, -0.1) is 0 Å². The molecule has 1 saturated carbocycles. The lowest BCUT2D eigenvalue weighted by molar-refractivity contribution is 0.628. The summed E-state index contributed by atoms with van der Waals surface area (Å²) >= 11 is 0. The first-order valence-electron chi connectivity index (χ1n) is 7.38. The van der Waals surface area contributed by atoms with E-state index in [1.54, 1.807) is 12.3 Å². The van der Waals surface area contributed by atoms with Gasteiger partial charge in [0, 0.05) is 17.0 Å². The molecule has 3 aromatic rings. The van der Waals surface area contributed by atoms with Gasteiger partial charge in [-0.25, -0.2) is 4.39 Å². The molecule has 21 heavy (non-hydrogen) atoms. The fourth-order valence-corrected chi connectivity index (χ4v) is 2.87. The first-order valence-corrected chi connectivity index (χ1v) is 7.38. The van der Waals surface area contributed by atoms with Gasteiger partial charge in [0.05, 0.1) is 23.1 Å². The minimum absolute atomic E-state index is 0.184. The molecule has 0 saturated heterocycles. The molecular weight excluding hydrogens is 265 g/mol. The lowest BCUT2D eigenvalue weighted by atomic mass is 10.1. The SMILES string of the molecule is CCc1cc(-c2cc3ccc(F)cc3n2C2CC2)cnn1. The summed E-state index contributed by atoms with van der Waals surface area (Å²) in [5.74, 6) is -0.184. The Morgan fingerprint density at radius 1 is 1.24 bits per heavy atom. The van der Waals surface area contributed by atoms with E-state index in [9.17, 15) is 4.39 Å². The molecule has 4 rings (SSSR count). The lowest BCUT2D eigenvalue weighted by Crippen LogP contribution is -1.99. The summed E-state index contributed by atoms with van der Waals surface area (Å²) in [6, 6.07) is 9.69. The van der Waals surface area contributed by atoms with Crippen LogP contribution in [0.1, 0.15) is 31.5 Å². The second-order valence-electron chi connectivity index (χ2n) is 5.62. The Hall–Kier alpha value is -2.23. The van der Waals surface area contributed by atoms with Gasteiger partial charge in [0.15, 0.2) is 0 Å². The Morgan fingerprint density at radius 2 is 2.10 bits per heavy atom. The van der Waals surface area contributed by atoms with Crippen molar-refractivity contribution in [3.05, 3.63) is 48.0 Å². The van der Waals surface area contributed by atoms with Crippen molar-refractivity contribution in [2.24, 2.45) is 0 Å². The number of hydrogen-bond donors (Lipinski definition) is 0. The van der Waals surface area contributed by atoms with Crippen LogP contribution in [0, 0.1) is 5.82 Å².